The van der Waals surface area contributed by atoms with Crippen molar-refractivity contribution in [1.82, 2.24) is 0 Å². The fourth-order valence-electron chi connectivity index (χ4n) is 2.00. The monoisotopic (exact) mass is 324 g/mol. The summed E-state index contributed by atoms with van der Waals surface area (Å²) in [5, 5.41) is 9.73. The van der Waals surface area contributed by atoms with Crippen molar-refractivity contribution in [3.8, 4) is 0 Å². The first-order chi connectivity index (χ1) is 10.1. The summed E-state index contributed by atoms with van der Waals surface area (Å²) in [6.07, 6.45) is 0. The molecule has 2 rings (SSSR count). The van der Waals surface area contributed by atoms with Gasteiger partial charge in [0.05, 0.1) is 33.6 Å². The van der Waals surface area contributed by atoms with Crippen molar-refractivity contribution in [2.45, 2.75) is 0 Å². The largest absolute Gasteiger partial charge is 0.397 e. The highest BCUT2D eigenvalue weighted by atomic mass is 35.5. The van der Waals surface area contributed by atoms with Crippen LogP contribution in [0.15, 0.2) is 42.5 Å². The lowest BCUT2D eigenvalue weighted by atomic mass is 10.1. The molecule has 21 heavy (non-hydrogen) atoms. The van der Waals surface area contributed by atoms with Gasteiger partial charge in [-0.15, -0.1) is 0 Å². The second-order valence-corrected chi connectivity index (χ2v) is 5.15. The van der Waals surface area contributed by atoms with Gasteiger partial charge in [-0.25, -0.2) is 0 Å². The molecule has 2 aromatic rings. The van der Waals surface area contributed by atoms with Crippen LogP contribution >= 0.6 is 23.2 Å². The van der Waals surface area contributed by atoms with Gasteiger partial charge < -0.3 is 15.7 Å². The number of amides is 1. The molecule has 0 aliphatic carbocycles. The van der Waals surface area contributed by atoms with Crippen LogP contribution in [0, 0.1) is 0 Å². The van der Waals surface area contributed by atoms with E-state index in [4.69, 9.17) is 28.9 Å². The highest BCUT2D eigenvalue weighted by Crippen LogP contribution is 2.29. The SMILES string of the molecule is Nc1ccccc1N(CCO)C(=O)c1c(Cl)cccc1Cl. The lowest BCUT2D eigenvalue weighted by Gasteiger charge is -2.24. The number of nitrogens with two attached hydrogens (primary N) is 1. The number of nitrogens with zero attached hydrogens (tertiary/aromatic N) is 1. The number of hydrogen-bond acceptors (Lipinski definition) is 3. The predicted molar refractivity (Wildman–Crippen MR) is 86.1 cm³/mol. The summed E-state index contributed by atoms with van der Waals surface area (Å²) in [6.45, 7) is -0.114. The molecule has 0 bridgehead atoms. The number of nitrogen functional groups attached to an aromatic ring is 1. The van der Waals surface area contributed by atoms with Crippen molar-refractivity contribution in [3.63, 3.8) is 0 Å². The number of para-hydroxylation sites is 2. The number of hydrogen-bond donors (Lipinski definition) is 2. The Morgan fingerprint density at radius 3 is 2.29 bits per heavy atom. The minimum atomic E-state index is -0.405. The van der Waals surface area contributed by atoms with E-state index in [2.05, 4.69) is 0 Å². The molecule has 0 saturated carbocycles. The fourth-order valence-corrected chi connectivity index (χ4v) is 2.56. The molecule has 2 aromatic carbocycles. The normalized spacial score (nSPS) is 10.4. The van der Waals surface area contributed by atoms with E-state index in [0.29, 0.717) is 11.4 Å². The molecule has 3 N–H and O–H groups in total. The van der Waals surface area contributed by atoms with Crippen molar-refractivity contribution in [3.05, 3.63) is 58.1 Å². The summed E-state index contributed by atoms with van der Waals surface area (Å²) >= 11 is 12.1. The standard InChI is InChI=1S/C15H14Cl2N2O2/c16-10-4-3-5-11(17)14(10)15(21)19(8-9-20)13-7-2-1-6-12(13)18/h1-7,20H,8-9,18H2. The van der Waals surface area contributed by atoms with E-state index in [1.165, 1.54) is 4.90 Å². The molecule has 4 nitrogen and oxygen atoms in total. The molecular weight excluding hydrogens is 311 g/mol. The first-order valence-corrected chi connectivity index (χ1v) is 7.03. The van der Waals surface area contributed by atoms with Crippen LogP contribution in [0.25, 0.3) is 0 Å². The number of aliphatic hydroxyl groups is 1. The maximum atomic E-state index is 12.7. The first-order valence-electron chi connectivity index (χ1n) is 6.27. The van der Waals surface area contributed by atoms with Gasteiger partial charge in [-0.1, -0.05) is 41.4 Å². The lowest BCUT2D eigenvalue weighted by molar-refractivity contribution is 0.0981. The maximum Gasteiger partial charge on any atom is 0.261 e. The molecule has 0 atom stereocenters. The van der Waals surface area contributed by atoms with Gasteiger partial charge in [0, 0.05) is 6.54 Å². The highest BCUT2D eigenvalue weighted by Gasteiger charge is 2.23. The zero-order valence-electron chi connectivity index (χ0n) is 11.1. The number of carbonyl (C=O) groups is 1. The van der Waals surface area contributed by atoms with Crippen LogP contribution in [-0.2, 0) is 0 Å². The Labute approximate surface area is 132 Å². The van der Waals surface area contributed by atoms with Crippen molar-refractivity contribution in [1.29, 1.82) is 0 Å². The summed E-state index contributed by atoms with van der Waals surface area (Å²) in [4.78, 5) is 14.1. The van der Waals surface area contributed by atoms with Gasteiger partial charge in [-0.3, -0.25) is 4.79 Å². The van der Waals surface area contributed by atoms with Crippen molar-refractivity contribution >= 4 is 40.5 Å². The number of rotatable bonds is 4. The van der Waals surface area contributed by atoms with E-state index in [-0.39, 0.29) is 28.8 Å². The molecule has 0 aliphatic heterocycles. The molecule has 0 saturated heterocycles. The third kappa shape index (κ3) is 3.29. The summed E-state index contributed by atoms with van der Waals surface area (Å²) in [5.41, 5.74) is 7.03. The smallest absolute Gasteiger partial charge is 0.261 e. The molecule has 0 aromatic heterocycles. The maximum absolute atomic E-state index is 12.7. The van der Waals surface area contributed by atoms with E-state index in [0.717, 1.165) is 0 Å². The Morgan fingerprint density at radius 2 is 1.71 bits per heavy atom. The summed E-state index contributed by atoms with van der Waals surface area (Å²) in [6, 6.07) is 11.8. The number of halogens is 2. The van der Waals surface area contributed by atoms with Crippen LogP contribution in [0.1, 0.15) is 10.4 Å². The molecule has 1 amide bonds. The molecule has 0 unspecified atom stereocenters. The molecule has 110 valence electrons. The Morgan fingerprint density at radius 1 is 1.10 bits per heavy atom. The van der Waals surface area contributed by atoms with Crippen LogP contribution in [0.3, 0.4) is 0 Å². The van der Waals surface area contributed by atoms with E-state index in [1.807, 2.05) is 0 Å². The zero-order chi connectivity index (χ0) is 15.4. The summed E-state index contributed by atoms with van der Waals surface area (Å²) < 4.78 is 0. The quantitative estimate of drug-likeness (QED) is 0.848. The van der Waals surface area contributed by atoms with Crippen LogP contribution in [0.2, 0.25) is 10.0 Å². The summed E-state index contributed by atoms with van der Waals surface area (Å²) in [7, 11) is 0. The van der Waals surface area contributed by atoms with Crippen LogP contribution in [-0.4, -0.2) is 24.2 Å². The molecule has 6 heteroatoms. The van der Waals surface area contributed by atoms with Crippen molar-refractivity contribution in [2.24, 2.45) is 0 Å². The van der Waals surface area contributed by atoms with Crippen molar-refractivity contribution in [2.75, 3.05) is 23.8 Å². The topological polar surface area (TPSA) is 66.6 Å². The van der Waals surface area contributed by atoms with Crippen LogP contribution in [0.4, 0.5) is 11.4 Å². The Bertz CT molecular complexity index is 642. The number of benzene rings is 2. The average Bonchev–Trinajstić information content (AvgIpc) is 2.45. The van der Waals surface area contributed by atoms with Gasteiger partial charge >= 0.3 is 0 Å². The van der Waals surface area contributed by atoms with Gasteiger partial charge in [0.15, 0.2) is 0 Å². The molecule has 0 fully saturated rings. The highest BCUT2D eigenvalue weighted by molar-refractivity contribution is 6.40. The Balaban J connectivity index is 2.48. The minimum Gasteiger partial charge on any atom is -0.397 e. The van der Waals surface area contributed by atoms with Crippen LogP contribution < -0.4 is 10.6 Å². The van der Waals surface area contributed by atoms with E-state index in [1.54, 1.807) is 42.5 Å². The minimum absolute atomic E-state index is 0.0919. The van der Waals surface area contributed by atoms with E-state index in [9.17, 15) is 9.90 Å². The Hall–Kier alpha value is -1.75. The van der Waals surface area contributed by atoms with E-state index >= 15 is 0 Å². The first kappa shape index (κ1) is 15.6. The second kappa shape index (κ2) is 6.80. The van der Waals surface area contributed by atoms with E-state index < -0.39 is 5.91 Å². The van der Waals surface area contributed by atoms with Gasteiger partial charge in [0.1, 0.15) is 0 Å². The number of aliphatic hydroxyl groups excluding tert-OH is 1. The third-order valence-corrected chi connectivity index (χ3v) is 3.60. The molecular formula is C15H14Cl2N2O2. The molecule has 0 spiro atoms. The number of anilines is 2. The van der Waals surface area contributed by atoms with Gasteiger partial charge in [-0.2, -0.15) is 0 Å². The Kier molecular flexibility index (Phi) is 5.07. The van der Waals surface area contributed by atoms with Crippen molar-refractivity contribution < 1.29 is 9.90 Å². The average molecular weight is 325 g/mol. The van der Waals surface area contributed by atoms with Gasteiger partial charge in [-0.05, 0) is 24.3 Å². The van der Waals surface area contributed by atoms with Gasteiger partial charge in [0.25, 0.3) is 5.91 Å². The molecule has 0 radical (unpaired) electrons. The lowest BCUT2D eigenvalue weighted by Crippen LogP contribution is -2.34. The predicted octanol–water partition coefficient (Wildman–Crippen LogP) is 3.21. The zero-order valence-corrected chi connectivity index (χ0v) is 12.6. The fraction of sp³-hybridized carbons (Fsp3) is 0.133. The third-order valence-electron chi connectivity index (χ3n) is 2.97. The second-order valence-electron chi connectivity index (χ2n) is 4.34. The molecule has 0 aliphatic rings. The van der Waals surface area contributed by atoms with Crippen LogP contribution in [0.5, 0.6) is 0 Å². The number of carbonyl (C=O) groups excluding carboxylic acids is 1. The summed E-state index contributed by atoms with van der Waals surface area (Å²) in [5.74, 6) is -0.405. The molecule has 0 heterocycles. The van der Waals surface area contributed by atoms with Gasteiger partial charge in [0.2, 0.25) is 0 Å².